The Labute approximate surface area is 165 Å². The summed E-state index contributed by atoms with van der Waals surface area (Å²) in [7, 11) is 1.54. The lowest BCUT2D eigenvalue weighted by Gasteiger charge is -2.01. The quantitative estimate of drug-likeness (QED) is 0.638. The topological polar surface area (TPSA) is 45.9 Å². The van der Waals surface area contributed by atoms with Gasteiger partial charge in [0.2, 0.25) is 0 Å². The van der Waals surface area contributed by atoms with E-state index in [1.54, 1.807) is 30.6 Å². The maximum atomic E-state index is 9.05. The van der Waals surface area contributed by atoms with Crippen LogP contribution in [-0.2, 0) is 6.42 Å². The number of aromatic nitrogens is 1. The van der Waals surface area contributed by atoms with E-state index in [1.807, 2.05) is 18.2 Å². The van der Waals surface area contributed by atoms with Crippen LogP contribution in [0.2, 0.25) is 0 Å². The van der Waals surface area contributed by atoms with Crippen molar-refractivity contribution in [3.63, 3.8) is 0 Å². The van der Waals surface area contributed by atoms with Gasteiger partial charge in [0, 0.05) is 34.6 Å². The van der Waals surface area contributed by atoms with Crippen LogP contribution >= 0.6 is 0 Å². The lowest BCUT2D eigenvalue weighted by molar-refractivity contribution is 0.413. The Morgan fingerprint density at radius 1 is 0.857 bits per heavy atom. The fraction of sp³-hybridized carbons (Fsp3) is 0.120. The molecule has 0 saturated heterocycles. The Kier molecular flexibility index (Phi) is 6.10. The Bertz CT molecular complexity index is 1160. The van der Waals surface area contributed by atoms with E-state index >= 15 is 0 Å². The molecular weight excluding hydrogens is 344 g/mol. The van der Waals surface area contributed by atoms with Crippen molar-refractivity contribution >= 4 is 0 Å². The molecule has 0 saturated carbocycles. The Morgan fingerprint density at radius 3 is 2.18 bits per heavy atom. The third kappa shape index (κ3) is 4.79. The molecule has 3 rings (SSSR count). The molecule has 1 aromatic heterocycles. The number of aryl methyl sites for hydroxylation is 1. The molecule has 1 heterocycles. The number of ether oxygens (including phenoxy) is 1. The summed E-state index contributed by atoms with van der Waals surface area (Å²) in [5.74, 6) is 13.0. The number of hydrogen-bond acceptors (Lipinski definition) is 3. The predicted octanol–water partition coefficient (Wildman–Crippen LogP) is 4.32. The Balaban J connectivity index is 1.83. The Hall–Kier alpha value is -4.00. The number of methoxy groups -OCH3 is 1. The van der Waals surface area contributed by atoms with Crippen LogP contribution in [-0.4, -0.2) is 12.1 Å². The molecule has 0 spiro atoms. The SMILES string of the molecule is CCc1cccc(C#Cc2cncc(C#Cc3ccc(C#N)c(OC)c3)c2)c1. The van der Waals surface area contributed by atoms with Crippen molar-refractivity contribution in [2.45, 2.75) is 13.3 Å². The van der Waals surface area contributed by atoms with E-state index in [-0.39, 0.29) is 0 Å². The van der Waals surface area contributed by atoms with E-state index in [1.165, 1.54) is 12.7 Å². The van der Waals surface area contributed by atoms with Crippen molar-refractivity contribution in [3.05, 3.63) is 94.3 Å². The predicted molar refractivity (Wildman–Crippen MR) is 110 cm³/mol. The van der Waals surface area contributed by atoms with E-state index in [0.29, 0.717) is 11.3 Å². The number of benzene rings is 2. The van der Waals surface area contributed by atoms with E-state index in [4.69, 9.17) is 10.00 Å². The largest absolute Gasteiger partial charge is 0.495 e. The minimum Gasteiger partial charge on any atom is -0.495 e. The van der Waals surface area contributed by atoms with Gasteiger partial charge >= 0.3 is 0 Å². The van der Waals surface area contributed by atoms with Crippen molar-refractivity contribution in [1.29, 1.82) is 5.26 Å². The van der Waals surface area contributed by atoms with Gasteiger partial charge in [0.15, 0.2) is 0 Å². The average molecular weight is 362 g/mol. The highest BCUT2D eigenvalue weighted by atomic mass is 16.5. The summed E-state index contributed by atoms with van der Waals surface area (Å²) in [5, 5.41) is 9.05. The number of rotatable bonds is 2. The van der Waals surface area contributed by atoms with Crippen LogP contribution in [0.25, 0.3) is 0 Å². The summed E-state index contributed by atoms with van der Waals surface area (Å²) in [5.41, 5.74) is 5.09. The molecule has 0 aliphatic rings. The lowest BCUT2D eigenvalue weighted by atomic mass is 10.1. The first-order valence-electron chi connectivity index (χ1n) is 8.88. The molecule has 0 aliphatic carbocycles. The summed E-state index contributed by atoms with van der Waals surface area (Å²) in [4.78, 5) is 4.23. The standard InChI is InChI=1S/C25H18N2O/c1-3-19-5-4-6-20(13-19)7-9-22-14-23(18-27-17-22)10-8-21-11-12-24(16-26)25(15-21)28-2/h4-6,11-15,17-18H,3H2,1-2H3. The van der Waals surface area contributed by atoms with E-state index < -0.39 is 0 Å². The molecule has 0 N–H and O–H groups in total. The van der Waals surface area contributed by atoms with Gasteiger partial charge in [-0.05, 0) is 48.4 Å². The maximum absolute atomic E-state index is 9.05. The van der Waals surface area contributed by atoms with Gasteiger partial charge in [-0.1, -0.05) is 42.7 Å². The van der Waals surface area contributed by atoms with Crippen molar-refractivity contribution in [2.24, 2.45) is 0 Å². The molecule has 28 heavy (non-hydrogen) atoms. The van der Waals surface area contributed by atoms with Crippen LogP contribution < -0.4 is 4.74 Å². The molecule has 0 bridgehead atoms. The zero-order chi connectivity index (χ0) is 19.8. The monoisotopic (exact) mass is 362 g/mol. The normalized spacial score (nSPS) is 9.32. The number of hydrogen-bond donors (Lipinski definition) is 0. The van der Waals surface area contributed by atoms with E-state index in [0.717, 1.165) is 28.7 Å². The summed E-state index contributed by atoms with van der Waals surface area (Å²) >= 11 is 0. The molecule has 3 nitrogen and oxygen atoms in total. The van der Waals surface area contributed by atoms with Gasteiger partial charge in [0.25, 0.3) is 0 Å². The van der Waals surface area contributed by atoms with Crippen LogP contribution in [0.3, 0.4) is 0 Å². The second kappa shape index (κ2) is 9.09. The molecule has 2 aromatic carbocycles. The highest BCUT2D eigenvalue weighted by Crippen LogP contribution is 2.18. The summed E-state index contributed by atoms with van der Waals surface area (Å²) in [6, 6.07) is 17.5. The van der Waals surface area contributed by atoms with Gasteiger partial charge in [-0.25, -0.2) is 0 Å². The minimum absolute atomic E-state index is 0.485. The molecule has 134 valence electrons. The fourth-order valence-corrected chi connectivity index (χ4v) is 2.60. The summed E-state index contributed by atoms with van der Waals surface area (Å²) < 4.78 is 5.22. The Morgan fingerprint density at radius 2 is 1.54 bits per heavy atom. The zero-order valence-corrected chi connectivity index (χ0v) is 15.8. The van der Waals surface area contributed by atoms with Gasteiger partial charge in [-0.3, -0.25) is 4.98 Å². The van der Waals surface area contributed by atoms with Crippen molar-refractivity contribution in [3.8, 4) is 35.5 Å². The fourth-order valence-electron chi connectivity index (χ4n) is 2.60. The van der Waals surface area contributed by atoms with Crippen molar-refractivity contribution in [1.82, 2.24) is 4.98 Å². The van der Waals surface area contributed by atoms with E-state index in [9.17, 15) is 0 Å². The van der Waals surface area contributed by atoms with Gasteiger partial charge in [-0.15, -0.1) is 0 Å². The second-order valence-electron chi connectivity index (χ2n) is 6.04. The third-order valence-electron chi connectivity index (χ3n) is 4.10. The summed E-state index contributed by atoms with van der Waals surface area (Å²) in [6.45, 7) is 2.13. The van der Waals surface area contributed by atoms with Crippen molar-refractivity contribution < 1.29 is 4.74 Å². The summed E-state index contributed by atoms with van der Waals surface area (Å²) in [6.07, 6.45) is 4.42. The van der Waals surface area contributed by atoms with Crippen LogP contribution in [0.15, 0.2) is 60.9 Å². The molecule has 3 aromatic rings. The molecule has 0 unspecified atom stereocenters. The third-order valence-corrected chi connectivity index (χ3v) is 4.10. The van der Waals surface area contributed by atoms with Crippen LogP contribution in [0.1, 0.15) is 40.3 Å². The first kappa shape index (κ1) is 18.8. The van der Waals surface area contributed by atoms with E-state index in [2.05, 4.69) is 53.8 Å². The van der Waals surface area contributed by atoms with Crippen LogP contribution in [0.5, 0.6) is 5.75 Å². The molecule has 0 amide bonds. The average Bonchev–Trinajstić information content (AvgIpc) is 2.76. The molecule has 0 radical (unpaired) electrons. The molecular formula is C25H18N2O. The highest BCUT2D eigenvalue weighted by Gasteiger charge is 2.02. The first-order valence-corrected chi connectivity index (χ1v) is 8.88. The lowest BCUT2D eigenvalue weighted by Crippen LogP contribution is -1.89. The minimum atomic E-state index is 0.485. The molecule has 0 aliphatic heterocycles. The molecule has 0 atom stereocenters. The van der Waals surface area contributed by atoms with Gasteiger partial charge in [0.05, 0.1) is 12.7 Å². The van der Waals surface area contributed by atoms with Crippen molar-refractivity contribution in [2.75, 3.05) is 7.11 Å². The van der Waals surface area contributed by atoms with Gasteiger partial charge in [-0.2, -0.15) is 5.26 Å². The number of nitrogens with zero attached hydrogens (tertiary/aromatic N) is 2. The smallest absolute Gasteiger partial charge is 0.137 e. The molecule has 0 fully saturated rings. The number of pyridine rings is 1. The van der Waals surface area contributed by atoms with Crippen LogP contribution in [0, 0.1) is 35.0 Å². The van der Waals surface area contributed by atoms with Gasteiger partial charge in [0.1, 0.15) is 11.8 Å². The second-order valence-corrected chi connectivity index (χ2v) is 6.04. The first-order chi connectivity index (χ1) is 13.7. The van der Waals surface area contributed by atoms with Gasteiger partial charge < -0.3 is 4.74 Å². The zero-order valence-electron chi connectivity index (χ0n) is 15.8. The molecule has 3 heteroatoms. The van der Waals surface area contributed by atoms with Crippen LogP contribution in [0.4, 0.5) is 0 Å². The maximum Gasteiger partial charge on any atom is 0.137 e. The highest BCUT2D eigenvalue weighted by molar-refractivity contribution is 5.52. The number of nitriles is 1.